The van der Waals surface area contributed by atoms with E-state index >= 15 is 0 Å². The number of benzene rings is 1. The molecule has 2 aromatic heterocycles. The van der Waals surface area contributed by atoms with Crippen LogP contribution in [0.5, 0.6) is 0 Å². The topological polar surface area (TPSA) is 90.5 Å². The summed E-state index contributed by atoms with van der Waals surface area (Å²) in [6.07, 6.45) is 3.23. The van der Waals surface area contributed by atoms with Gasteiger partial charge in [-0.25, -0.2) is 8.42 Å². The quantitative estimate of drug-likeness (QED) is 0.698. The van der Waals surface area contributed by atoms with Crippen molar-refractivity contribution in [3.63, 3.8) is 0 Å². The molecular formula is C16H18N4O4S. The fourth-order valence-electron chi connectivity index (χ4n) is 2.99. The van der Waals surface area contributed by atoms with Crippen LogP contribution in [0.2, 0.25) is 0 Å². The summed E-state index contributed by atoms with van der Waals surface area (Å²) in [5.41, 5.74) is 1.89. The Bertz CT molecular complexity index is 994. The minimum absolute atomic E-state index is 0.191. The lowest BCUT2D eigenvalue weighted by atomic mass is 10.2. The monoisotopic (exact) mass is 362 g/mol. The molecule has 9 heteroatoms. The molecule has 1 saturated heterocycles. The van der Waals surface area contributed by atoms with Crippen molar-refractivity contribution in [1.29, 1.82) is 0 Å². The third-order valence-corrected chi connectivity index (χ3v) is 6.05. The van der Waals surface area contributed by atoms with Crippen LogP contribution in [0.15, 0.2) is 41.2 Å². The summed E-state index contributed by atoms with van der Waals surface area (Å²) in [6.45, 7) is 0.942. The number of sulfonamides is 1. The largest absolute Gasteiger partial charge is 0.371 e. The van der Waals surface area contributed by atoms with Gasteiger partial charge in [0.25, 0.3) is 0 Å². The van der Waals surface area contributed by atoms with Crippen LogP contribution in [0.3, 0.4) is 0 Å². The molecule has 1 aromatic carbocycles. The van der Waals surface area contributed by atoms with E-state index in [9.17, 15) is 8.42 Å². The molecular weight excluding hydrogens is 344 g/mol. The molecule has 1 atom stereocenters. The van der Waals surface area contributed by atoms with Gasteiger partial charge in [0.05, 0.1) is 18.9 Å². The average molecular weight is 362 g/mol. The lowest BCUT2D eigenvalue weighted by molar-refractivity contribution is -0.00264. The van der Waals surface area contributed by atoms with Crippen molar-refractivity contribution in [3.05, 3.63) is 47.9 Å². The summed E-state index contributed by atoms with van der Waals surface area (Å²) in [5.74, 6) is -0.191. The fourth-order valence-corrected chi connectivity index (χ4v) is 4.44. The van der Waals surface area contributed by atoms with Crippen molar-refractivity contribution in [1.82, 2.24) is 19.2 Å². The molecule has 3 heterocycles. The number of hydrogen-bond acceptors (Lipinski definition) is 6. The molecule has 3 aromatic rings. The number of rotatable bonds is 4. The molecule has 1 aliphatic rings. The Hall–Kier alpha value is -2.23. The minimum atomic E-state index is -3.53. The second-order valence-corrected chi connectivity index (χ2v) is 8.02. The standard InChI is InChI=1S/C16H18N4O4S/c1-19-9-12(8-17-19)16-10-20(6-7-23-16)25(21,22)11-14-13-4-2-3-5-15(13)24-18-14/h2-5,8-9,16H,6-7,10-11H2,1H3. The van der Waals surface area contributed by atoms with Crippen molar-refractivity contribution in [2.45, 2.75) is 11.9 Å². The highest BCUT2D eigenvalue weighted by atomic mass is 32.2. The van der Waals surface area contributed by atoms with Gasteiger partial charge in [0.15, 0.2) is 5.58 Å². The smallest absolute Gasteiger partial charge is 0.220 e. The lowest BCUT2D eigenvalue weighted by Gasteiger charge is -2.31. The molecule has 25 heavy (non-hydrogen) atoms. The Morgan fingerprint density at radius 1 is 1.32 bits per heavy atom. The van der Waals surface area contributed by atoms with Crippen LogP contribution in [0.25, 0.3) is 11.0 Å². The van der Waals surface area contributed by atoms with Crippen LogP contribution >= 0.6 is 0 Å². The van der Waals surface area contributed by atoms with Crippen LogP contribution in [-0.4, -0.2) is 47.4 Å². The number of nitrogens with zero attached hydrogens (tertiary/aromatic N) is 4. The summed E-state index contributed by atoms with van der Waals surface area (Å²) in [6, 6.07) is 7.25. The van der Waals surface area contributed by atoms with E-state index in [4.69, 9.17) is 9.26 Å². The van der Waals surface area contributed by atoms with Gasteiger partial charge in [0, 0.05) is 37.3 Å². The molecule has 1 unspecified atom stereocenters. The van der Waals surface area contributed by atoms with Crippen LogP contribution in [0, 0.1) is 0 Å². The first-order valence-electron chi connectivity index (χ1n) is 7.94. The van der Waals surface area contributed by atoms with Gasteiger partial charge in [-0.3, -0.25) is 4.68 Å². The number of aromatic nitrogens is 3. The van der Waals surface area contributed by atoms with Crippen LogP contribution in [-0.2, 0) is 27.6 Å². The Balaban J connectivity index is 1.55. The number of hydrogen-bond donors (Lipinski definition) is 0. The first-order valence-corrected chi connectivity index (χ1v) is 9.55. The zero-order valence-electron chi connectivity index (χ0n) is 13.7. The molecule has 0 aliphatic carbocycles. The van der Waals surface area contributed by atoms with E-state index < -0.39 is 10.0 Å². The van der Waals surface area contributed by atoms with E-state index in [0.29, 0.717) is 24.4 Å². The molecule has 1 aliphatic heterocycles. The molecule has 0 amide bonds. The number of aryl methyl sites for hydroxylation is 1. The lowest BCUT2D eigenvalue weighted by Crippen LogP contribution is -2.42. The summed E-state index contributed by atoms with van der Waals surface area (Å²) in [7, 11) is -1.71. The van der Waals surface area contributed by atoms with Gasteiger partial charge in [-0.2, -0.15) is 9.40 Å². The van der Waals surface area contributed by atoms with E-state index in [0.717, 1.165) is 10.9 Å². The Kier molecular flexibility index (Phi) is 4.06. The highest BCUT2D eigenvalue weighted by Gasteiger charge is 2.32. The van der Waals surface area contributed by atoms with Crippen molar-refractivity contribution in [2.75, 3.05) is 19.7 Å². The Morgan fingerprint density at radius 3 is 2.96 bits per heavy atom. The van der Waals surface area contributed by atoms with E-state index in [1.807, 2.05) is 31.4 Å². The summed E-state index contributed by atoms with van der Waals surface area (Å²) >= 11 is 0. The SMILES string of the molecule is Cn1cc(C2CN(S(=O)(=O)Cc3noc4ccccc34)CCO2)cn1. The molecule has 0 N–H and O–H groups in total. The average Bonchev–Trinajstić information content (AvgIpc) is 3.22. The molecule has 8 nitrogen and oxygen atoms in total. The second-order valence-electron chi connectivity index (χ2n) is 6.05. The van der Waals surface area contributed by atoms with Crippen LogP contribution in [0.1, 0.15) is 17.4 Å². The number of fused-ring (bicyclic) bond motifs is 1. The molecule has 0 bridgehead atoms. The van der Waals surface area contributed by atoms with Crippen molar-refractivity contribution >= 4 is 21.0 Å². The summed E-state index contributed by atoms with van der Waals surface area (Å²) in [5, 5.41) is 8.78. The molecule has 0 spiro atoms. The third-order valence-electron chi connectivity index (χ3n) is 4.29. The first kappa shape index (κ1) is 16.2. The highest BCUT2D eigenvalue weighted by molar-refractivity contribution is 7.88. The van der Waals surface area contributed by atoms with E-state index in [-0.39, 0.29) is 18.4 Å². The van der Waals surface area contributed by atoms with Crippen LogP contribution < -0.4 is 0 Å². The van der Waals surface area contributed by atoms with Crippen LogP contribution in [0.4, 0.5) is 0 Å². The van der Waals surface area contributed by atoms with E-state index in [2.05, 4.69) is 10.3 Å². The minimum Gasteiger partial charge on any atom is -0.371 e. The van der Waals surface area contributed by atoms with Gasteiger partial charge in [0.1, 0.15) is 11.4 Å². The Morgan fingerprint density at radius 2 is 2.16 bits per heavy atom. The molecule has 4 rings (SSSR count). The van der Waals surface area contributed by atoms with Gasteiger partial charge in [-0.15, -0.1) is 0 Å². The third kappa shape index (κ3) is 3.17. The summed E-state index contributed by atoms with van der Waals surface area (Å²) < 4.78 is 39.7. The maximum atomic E-state index is 12.8. The number of morpholine rings is 1. The number of ether oxygens (including phenoxy) is 1. The first-order chi connectivity index (χ1) is 12.0. The zero-order valence-corrected chi connectivity index (χ0v) is 14.5. The van der Waals surface area contributed by atoms with Crippen molar-refractivity contribution < 1.29 is 17.7 Å². The number of para-hydroxylation sites is 1. The van der Waals surface area contributed by atoms with Crippen molar-refractivity contribution in [3.8, 4) is 0 Å². The van der Waals surface area contributed by atoms with Gasteiger partial charge in [-0.1, -0.05) is 17.3 Å². The van der Waals surface area contributed by atoms with E-state index in [1.165, 1.54) is 4.31 Å². The van der Waals surface area contributed by atoms with E-state index in [1.54, 1.807) is 16.9 Å². The fraction of sp³-hybridized carbons (Fsp3) is 0.375. The zero-order chi connectivity index (χ0) is 17.4. The van der Waals surface area contributed by atoms with Crippen molar-refractivity contribution in [2.24, 2.45) is 7.05 Å². The summed E-state index contributed by atoms with van der Waals surface area (Å²) in [4.78, 5) is 0. The van der Waals surface area contributed by atoms with Gasteiger partial charge in [0.2, 0.25) is 10.0 Å². The van der Waals surface area contributed by atoms with Gasteiger partial charge >= 0.3 is 0 Å². The maximum Gasteiger partial charge on any atom is 0.220 e. The molecule has 0 radical (unpaired) electrons. The normalized spacial score (nSPS) is 19.5. The second kappa shape index (κ2) is 6.25. The van der Waals surface area contributed by atoms with Gasteiger partial charge < -0.3 is 9.26 Å². The highest BCUT2D eigenvalue weighted by Crippen LogP contribution is 2.26. The predicted octanol–water partition coefficient (Wildman–Crippen LogP) is 1.46. The molecule has 132 valence electrons. The molecule has 1 fully saturated rings. The Labute approximate surface area is 145 Å². The van der Waals surface area contributed by atoms with Gasteiger partial charge in [-0.05, 0) is 12.1 Å². The predicted molar refractivity (Wildman–Crippen MR) is 90.1 cm³/mol. The maximum absolute atomic E-state index is 12.8. The molecule has 0 saturated carbocycles.